The molecule has 2 aromatic carbocycles. The molecule has 0 radical (unpaired) electrons. The van der Waals surface area contributed by atoms with Crippen LogP contribution in [0.2, 0.25) is 0 Å². The first kappa shape index (κ1) is 26.8. The summed E-state index contributed by atoms with van der Waals surface area (Å²) in [6.07, 6.45) is 12.3. The molecule has 2 rings (SSSR count). The SMILES string of the molecule is CCCCCCCCCCC(C)(C)[NH3+].O=C([O-])CCC(=O)c1ccc2ccccc2c1. The number of quaternary nitrogens is 1. The first-order chi connectivity index (χ1) is 14.7. The summed E-state index contributed by atoms with van der Waals surface area (Å²) in [6.45, 7) is 6.73. The fourth-order valence-corrected chi connectivity index (χ4v) is 3.46. The molecule has 0 amide bonds. The third-order valence-electron chi connectivity index (χ3n) is 5.33. The number of hydrogen-bond acceptors (Lipinski definition) is 3. The smallest absolute Gasteiger partial charge is 0.163 e. The Balaban J connectivity index is 0.000000318. The number of aliphatic carboxylic acids is 1. The summed E-state index contributed by atoms with van der Waals surface area (Å²) in [7, 11) is 0. The van der Waals surface area contributed by atoms with Crippen molar-refractivity contribution >= 4 is 22.5 Å². The van der Waals surface area contributed by atoms with Crippen LogP contribution in [0.5, 0.6) is 0 Å². The predicted molar refractivity (Wildman–Crippen MR) is 127 cm³/mol. The van der Waals surface area contributed by atoms with Gasteiger partial charge in [0.15, 0.2) is 5.78 Å². The van der Waals surface area contributed by atoms with Crippen LogP contribution in [0.4, 0.5) is 0 Å². The van der Waals surface area contributed by atoms with Crippen LogP contribution in [0.3, 0.4) is 0 Å². The number of carbonyl (C=O) groups is 2. The molecule has 0 heterocycles. The van der Waals surface area contributed by atoms with Crippen molar-refractivity contribution in [3.05, 3.63) is 48.0 Å². The summed E-state index contributed by atoms with van der Waals surface area (Å²) in [6, 6.07) is 13.1. The molecule has 31 heavy (non-hydrogen) atoms. The average Bonchev–Trinajstić information content (AvgIpc) is 2.73. The zero-order chi connectivity index (χ0) is 23.1. The highest BCUT2D eigenvalue weighted by atomic mass is 16.4. The summed E-state index contributed by atoms with van der Waals surface area (Å²) in [5, 5.41) is 12.3. The van der Waals surface area contributed by atoms with Crippen LogP contribution in [0.1, 0.15) is 102 Å². The number of carboxylic acids is 1. The molecule has 0 atom stereocenters. The monoisotopic (exact) mass is 427 g/mol. The van der Waals surface area contributed by atoms with E-state index < -0.39 is 5.97 Å². The number of Topliss-reactive ketones (excluding diaryl/α,β-unsaturated/α-hetero) is 1. The second-order valence-corrected chi connectivity index (χ2v) is 9.25. The second kappa shape index (κ2) is 14.7. The molecular formula is C27H41NO3. The average molecular weight is 428 g/mol. The molecule has 0 aliphatic heterocycles. The fraction of sp³-hybridized carbons (Fsp3) is 0.556. The second-order valence-electron chi connectivity index (χ2n) is 9.25. The van der Waals surface area contributed by atoms with Gasteiger partial charge in [-0.3, -0.25) is 4.79 Å². The van der Waals surface area contributed by atoms with Crippen molar-refractivity contribution in [3.63, 3.8) is 0 Å². The number of fused-ring (bicyclic) bond motifs is 1. The van der Waals surface area contributed by atoms with E-state index in [0.717, 1.165) is 10.8 Å². The molecule has 0 aliphatic rings. The molecule has 0 bridgehead atoms. The lowest BCUT2D eigenvalue weighted by atomic mass is 9.97. The van der Waals surface area contributed by atoms with Crippen LogP contribution in [0.25, 0.3) is 10.8 Å². The van der Waals surface area contributed by atoms with Gasteiger partial charge in [-0.05, 0) is 43.5 Å². The summed E-state index contributed by atoms with van der Waals surface area (Å²) < 4.78 is 0. The van der Waals surface area contributed by atoms with E-state index in [0.29, 0.717) is 11.1 Å². The number of carboxylic acid groups (broad SMARTS) is 1. The highest BCUT2D eigenvalue weighted by molar-refractivity contribution is 6.00. The van der Waals surface area contributed by atoms with Crippen molar-refractivity contribution < 1.29 is 20.4 Å². The molecule has 0 saturated carbocycles. The Kier molecular flexibility index (Phi) is 12.8. The quantitative estimate of drug-likeness (QED) is 0.357. The number of hydrogen-bond donors (Lipinski definition) is 1. The Morgan fingerprint density at radius 1 is 0.839 bits per heavy atom. The minimum atomic E-state index is -1.20. The van der Waals surface area contributed by atoms with Crippen LogP contribution in [0, 0.1) is 0 Å². The van der Waals surface area contributed by atoms with Gasteiger partial charge in [0.2, 0.25) is 0 Å². The van der Waals surface area contributed by atoms with Gasteiger partial charge < -0.3 is 15.6 Å². The summed E-state index contributed by atoms with van der Waals surface area (Å²) in [4.78, 5) is 22.0. The minimum absolute atomic E-state index is 0.0132. The molecule has 0 unspecified atom stereocenters. The maximum Gasteiger partial charge on any atom is 0.163 e. The van der Waals surface area contributed by atoms with E-state index in [1.807, 2.05) is 30.3 Å². The van der Waals surface area contributed by atoms with Crippen molar-refractivity contribution in [2.24, 2.45) is 0 Å². The van der Waals surface area contributed by atoms with E-state index >= 15 is 0 Å². The molecule has 0 spiro atoms. The largest absolute Gasteiger partial charge is 0.550 e. The van der Waals surface area contributed by atoms with Crippen molar-refractivity contribution in [2.75, 3.05) is 0 Å². The van der Waals surface area contributed by atoms with E-state index in [1.54, 1.807) is 12.1 Å². The zero-order valence-electron chi connectivity index (χ0n) is 19.8. The van der Waals surface area contributed by atoms with E-state index in [2.05, 4.69) is 26.5 Å². The van der Waals surface area contributed by atoms with Gasteiger partial charge in [0, 0.05) is 24.4 Å². The number of unbranched alkanes of at least 4 members (excludes halogenated alkanes) is 7. The molecule has 4 heteroatoms. The van der Waals surface area contributed by atoms with Crippen LogP contribution >= 0.6 is 0 Å². The van der Waals surface area contributed by atoms with Gasteiger partial charge in [-0.1, -0.05) is 88.3 Å². The van der Waals surface area contributed by atoms with Gasteiger partial charge in [0.1, 0.15) is 0 Å². The van der Waals surface area contributed by atoms with E-state index in [9.17, 15) is 14.7 Å². The Labute approximate surface area is 188 Å². The van der Waals surface area contributed by atoms with Gasteiger partial charge in [-0.2, -0.15) is 0 Å². The van der Waals surface area contributed by atoms with Crippen LogP contribution in [-0.4, -0.2) is 17.3 Å². The van der Waals surface area contributed by atoms with Crippen LogP contribution < -0.4 is 10.8 Å². The molecule has 172 valence electrons. The normalized spacial score (nSPS) is 11.1. The van der Waals surface area contributed by atoms with E-state index in [-0.39, 0.29) is 18.6 Å². The molecule has 0 fully saturated rings. The third-order valence-corrected chi connectivity index (χ3v) is 5.33. The topological polar surface area (TPSA) is 84.8 Å². The third kappa shape index (κ3) is 13.0. The molecule has 0 saturated heterocycles. The van der Waals surface area contributed by atoms with Crippen molar-refractivity contribution in [2.45, 2.75) is 96.9 Å². The number of carbonyl (C=O) groups excluding carboxylic acids is 2. The van der Waals surface area contributed by atoms with Crippen molar-refractivity contribution in [3.8, 4) is 0 Å². The lowest BCUT2D eigenvalue weighted by Gasteiger charge is -2.13. The van der Waals surface area contributed by atoms with Crippen molar-refractivity contribution in [1.29, 1.82) is 0 Å². The molecule has 4 nitrogen and oxygen atoms in total. The number of benzene rings is 2. The molecule has 0 aromatic heterocycles. The van der Waals surface area contributed by atoms with E-state index in [1.165, 1.54) is 57.8 Å². The Morgan fingerprint density at radius 3 is 2.00 bits per heavy atom. The predicted octanol–water partition coefficient (Wildman–Crippen LogP) is 5.09. The summed E-state index contributed by atoms with van der Waals surface area (Å²) in [5.74, 6) is -1.36. The first-order valence-corrected chi connectivity index (χ1v) is 11.8. The zero-order valence-corrected chi connectivity index (χ0v) is 19.8. The van der Waals surface area contributed by atoms with Crippen LogP contribution in [0.15, 0.2) is 42.5 Å². The minimum Gasteiger partial charge on any atom is -0.550 e. The number of ketones is 1. The van der Waals surface area contributed by atoms with Crippen molar-refractivity contribution in [1.82, 2.24) is 0 Å². The Bertz CT molecular complexity index is 792. The summed E-state index contributed by atoms with van der Waals surface area (Å²) >= 11 is 0. The molecular weight excluding hydrogens is 386 g/mol. The van der Waals surface area contributed by atoms with Gasteiger partial charge in [0.25, 0.3) is 0 Å². The first-order valence-electron chi connectivity index (χ1n) is 11.8. The molecule has 2 aromatic rings. The summed E-state index contributed by atoms with van der Waals surface area (Å²) in [5.41, 5.74) is 4.97. The van der Waals surface area contributed by atoms with E-state index in [4.69, 9.17) is 0 Å². The highest BCUT2D eigenvalue weighted by Crippen LogP contribution is 2.17. The van der Waals surface area contributed by atoms with Gasteiger partial charge >= 0.3 is 0 Å². The highest BCUT2D eigenvalue weighted by Gasteiger charge is 2.13. The van der Waals surface area contributed by atoms with Gasteiger partial charge in [-0.25, -0.2) is 0 Å². The Morgan fingerprint density at radius 2 is 1.42 bits per heavy atom. The Hall–Kier alpha value is -2.20. The maximum absolute atomic E-state index is 11.7. The standard InChI is InChI=1S/C14H12O3.C13H29N/c15-13(7-8-14(16)17)12-6-5-10-3-1-2-4-11(10)9-12;1-4-5-6-7-8-9-10-11-12-13(2,3)14/h1-6,9H,7-8H2,(H,16,17);4-12,14H2,1-3H3. The fourth-order valence-electron chi connectivity index (χ4n) is 3.46. The lowest BCUT2D eigenvalue weighted by Crippen LogP contribution is -2.68. The lowest BCUT2D eigenvalue weighted by molar-refractivity contribution is -0.467. The van der Waals surface area contributed by atoms with Gasteiger partial charge in [-0.15, -0.1) is 0 Å². The maximum atomic E-state index is 11.7. The van der Waals surface area contributed by atoms with Crippen LogP contribution in [-0.2, 0) is 4.79 Å². The molecule has 3 N–H and O–H groups in total. The van der Waals surface area contributed by atoms with Gasteiger partial charge in [0.05, 0.1) is 5.54 Å². The molecule has 0 aliphatic carbocycles. The number of rotatable bonds is 13.